The first-order valence-corrected chi connectivity index (χ1v) is 9.75. The number of rotatable bonds is 6. The first-order chi connectivity index (χ1) is 14.7. The third-order valence-electron chi connectivity index (χ3n) is 4.55. The maximum atomic E-state index is 12.7. The SMILES string of the molecule is Cn1c(=O)c(C(=O)COC(=O)c2cccc(Cl)c2Cl)c(N)n(Cc2ccccc2)c1=O. The third kappa shape index (κ3) is 4.55. The van der Waals surface area contributed by atoms with Crippen LogP contribution in [0.3, 0.4) is 0 Å². The van der Waals surface area contributed by atoms with Crippen molar-refractivity contribution in [3.05, 3.63) is 96.1 Å². The molecule has 0 aliphatic heterocycles. The van der Waals surface area contributed by atoms with Crippen LogP contribution in [0, 0.1) is 0 Å². The zero-order valence-electron chi connectivity index (χ0n) is 16.3. The highest BCUT2D eigenvalue weighted by atomic mass is 35.5. The topological polar surface area (TPSA) is 113 Å². The summed E-state index contributed by atoms with van der Waals surface area (Å²) < 4.78 is 6.89. The van der Waals surface area contributed by atoms with Crippen LogP contribution in [0.25, 0.3) is 0 Å². The Kier molecular flexibility index (Phi) is 6.62. The fraction of sp³-hybridized carbons (Fsp3) is 0.143. The molecule has 3 rings (SSSR count). The normalized spacial score (nSPS) is 10.7. The van der Waals surface area contributed by atoms with E-state index < -0.39 is 35.2 Å². The Balaban J connectivity index is 1.90. The van der Waals surface area contributed by atoms with E-state index in [0.29, 0.717) is 0 Å². The van der Waals surface area contributed by atoms with Crippen molar-refractivity contribution < 1.29 is 14.3 Å². The molecule has 160 valence electrons. The number of benzene rings is 2. The Morgan fingerprint density at radius 3 is 2.39 bits per heavy atom. The van der Waals surface area contributed by atoms with Gasteiger partial charge in [0, 0.05) is 7.05 Å². The van der Waals surface area contributed by atoms with Gasteiger partial charge in [0.05, 0.1) is 22.2 Å². The number of hydrogen-bond acceptors (Lipinski definition) is 6. The number of carbonyl (C=O) groups excluding carboxylic acids is 2. The van der Waals surface area contributed by atoms with Gasteiger partial charge in [0.2, 0.25) is 5.78 Å². The van der Waals surface area contributed by atoms with E-state index in [4.69, 9.17) is 33.7 Å². The summed E-state index contributed by atoms with van der Waals surface area (Å²) in [6.07, 6.45) is 0. The first-order valence-electron chi connectivity index (χ1n) is 9.00. The maximum Gasteiger partial charge on any atom is 0.340 e. The molecule has 8 nitrogen and oxygen atoms in total. The Morgan fingerprint density at radius 1 is 1.03 bits per heavy atom. The van der Waals surface area contributed by atoms with Crippen LogP contribution in [0.1, 0.15) is 26.3 Å². The van der Waals surface area contributed by atoms with Gasteiger partial charge in [-0.05, 0) is 17.7 Å². The van der Waals surface area contributed by atoms with Crippen molar-refractivity contribution in [3.8, 4) is 0 Å². The van der Waals surface area contributed by atoms with Crippen molar-refractivity contribution in [2.45, 2.75) is 6.54 Å². The van der Waals surface area contributed by atoms with Crippen LogP contribution >= 0.6 is 23.2 Å². The lowest BCUT2D eigenvalue weighted by molar-refractivity contribution is 0.0474. The minimum atomic E-state index is -0.895. The summed E-state index contributed by atoms with van der Waals surface area (Å²) in [7, 11) is 1.24. The number of halogens is 2. The monoisotopic (exact) mass is 461 g/mol. The summed E-state index contributed by atoms with van der Waals surface area (Å²) in [6, 6.07) is 13.3. The van der Waals surface area contributed by atoms with Crippen LogP contribution in [-0.2, 0) is 18.3 Å². The van der Waals surface area contributed by atoms with Crippen molar-refractivity contribution in [3.63, 3.8) is 0 Å². The van der Waals surface area contributed by atoms with Gasteiger partial charge in [-0.2, -0.15) is 0 Å². The number of esters is 1. The maximum absolute atomic E-state index is 12.7. The molecule has 0 radical (unpaired) electrons. The highest BCUT2D eigenvalue weighted by Crippen LogP contribution is 2.26. The van der Waals surface area contributed by atoms with E-state index in [-0.39, 0.29) is 28.0 Å². The van der Waals surface area contributed by atoms with Crippen LogP contribution < -0.4 is 17.0 Å². The molecule has 0 saturated carbocycles. The van der Waals surface area contributed by atoms with E-state index in [1.54, 1.807) is 24.3 Å². The van der Waals surface area contributed by atoms with Gasteiger partial charge < -0.3 is 10.5 Å². The number of aromatic nitrogens is 2. The Morgan fingerprint density at radius 2 is 1.71 bits per heavy atom. The van der Waals surface area contributed by atoms with E-state index in [9.17, 15) is 19.2 Å². The van der Waals surface area contributed by atoms with Crippen molar-refractivity contribution >= 4 is 40.8 Å². The van der Waals surface area contributed by atoms with Crippen molar-refractivity contribution in [1.29, 1.82) is 0 Å². The molecular formula is C21H17Cl2N3O5. The van der Waals surface area contributed by atoms with Crippen molar-refractivity contribution in [2.75, 3.05) is 12.3 Å². The molecule has 0 aliphatic carbocycles. The van der Waals surface area contributed by atoms with Gasteiger partial charge in [0.25, 0.3) is 5.56 Å². The summed E-state index contributed by atoms with van der Waals surface area (Å²) in [5, 5.41) is 0.127. The van der Waals surface area contributed by atoms with E-state index in [0.717, 1.165) is 14.7 Å². The largest absolute Gasteiger partial charge is 0.454 e. The zero-order valence-corrected chi connectivity index (χ0v) is 17.8. The second-order valence-electron chi connectivity index (χ2n) is 6.58. The summed E-state index contributed by atoms with van der Waals surface area (Å²) in [6.45, 7) is -0.720. The van der Waals surface area contributed by atoms with Crippen LogP contribution in [0.15, 0.2) is 58.1 Å². The van der Waals surface area contributed by atoms with Crippen molar-refractivity contribution in [2.24, 2.45) is 7.05 Å². The lowest BCUT2D eigenvalue weighted by Gasteiger charge is -2.15. The summed E-state index contributed by atoms with van der Waals surface area (Å²) in [4.78, 5) is 50.0. The zero-order chi connectivity index (χ0) is 22.7. The quantitative estimate of drug-likeness (QED) is 0.445. The molecule has 0 aliphatic rings. The average Bonchev–Trinajstić information content (AvgIpc) is 2.76. The average molecular weight is 462 g/mol. The molecule has 0 unspecified atom stereocenters. The fourth-order valence-electron chi connectivity index (χ4n) is 2.91. The number of anilines is 1. The number of Topliss-reactive ketones (excluding diaryl/α,β-unsaturated/α-hetero) is 1. The number of carbonyl (C=O) groups is 2. The van der Waals surface area contributed by atoms with E-state index in [1.165, 1.54) is 25.2 Å². The molecule has 0 fully saturated rings. The molecular weight excluding hydrogens is 445 g/mol. The Hall–Kier alpha value is -3.36. The van der Waals surface area contributed by atoms with Crippen LogP contribution in [0.2, 0.25) is 10.0 Å². The van der Waals surface area contributed by atoms with Gasteiger partial charge in [-0.1, -0.05) is 59.6 Å². The molecule has 31 heavy (non-hydrogen) atoms. The highest BCUT2D eigenvalue weighted by molar-refractivity contribution is 6.43. The van der Waals surface area contributed by atoms with Gasteiger partial charge in [-0.25, -0.2) is 9.59 Å². The number of ketones is 1. The first kappa shape index (κ1) is 22.3. The minimum absolute atomic E-state index is 0.0199. The number of nitrogen functional groups attached to an aromatic ring is 1. The smallest absolute Gasteiger partial charge is 0.340 e. The van der Waals surface area contributed by atoms with Crippen LogP contribution in [-0.4, -0.2) is 27.5 Å². The van der Waals surface area contributed by atoms with Crippen LogP contribution in [0.4, 0.5) is 5.82 Å². The fourth-order valence-corrected chi connectivity index (χ4v) is 3.28. The molecule has 0 bridgehead atoms. The number of hydrogen-bond donors (Lipinski definition) is 1. The van der Waals surface area contributed by atoms with E-state index >= 15 is 0 Å². The molecule has 0 amide bonds. The van der Waals surface area contributed by atoms with Gasteiger partial charge >= 0.3 is 11.7 Å². The molecule has 0 saturated heterocycles. The molecule has 0 atom stereocenters. The number of ether oxygens (including phenoxy) is 1. The van der Waals surface area contributed by atoms with Gasteiger partial charge in [-0.3, -0.25) is 18.7 Å². The van der Waals surface area contributed by atoms with Crippen LogP contribution in [0.5, 0.6) is 0 Å². The molecule has 10 heteroatoms. The van der Waals surface area contributed by atoms with E-state index in [1.807, 2.05) is 6.07 Å². The summed E-state index contributed by atoms with van der Waals surface area (Å²) >= 11 is 11.9. The molecule has 1 aromatic heterocycles. The third-order valence-corrected chi connectivity index (χ3v) is 5.37. The van der Waals surface area contributed by atoms with Gasteiger partial charge in [-0.15, -0.1) is 0 Å². The second-order valence-corrected chi connectivity index (χ2v) is 7.36. The molecule has 2 N–H and O–H groups in total. The standard InChI is InChI=1S/C21H17Cl2N3O5/c1-25-19(28)16(18(24)26(21(25)30)10-12-6-3-2-4-7-12)15(27)11-31-20(29)13-8-5-9-14(22)17(13)23/h2-9H,10-11,24H2,1H3. The van der Waals surface area contributed by atoms with Crippen molar-refractivity contribution in [1.82, 2.24) is 9.13 Å². The second kappa shape index (κ2) is 9.20. The number of nitrogens with two attached hydrogens (primary N) is 1. The lowest BCUT2D eigenvalue weighted by Crippen LogP contribution is -2.43. The minimum Gasteiger partial charge on any atom is -0.454 e. The molecule has 1 heterocycles. The predicted octanol–water partition coefficient (Wildman–Crippen LogP) is 2.52. The lowest BCUT2D eigenvalue weighted by atomic mass is 10.1. The summed E-state index contributed by atoms with van der Waals surface area (Å²) in [5.41, 5.74) is 4.73. The van der Waals surface area contributed by atoms with Gasteiger partial charge in [0.1, 0.15) is 11.4 Å². The molecule has 3 aromatic rings. The predicted molar refractivity (Wildman–Crippen MR) is 117 cm³/mol. The Bertz CT molecular complexity index is 1280. The summed E-state index contributed by atoms with van der Waals surface area (Å²) in [5.74, 6) is -2.06. The number of nitrogens with zero attached hydrogens (tertiary/aromatic N) is 2. The van der Waals surface area contributed by atoms with Gasteiger partial charge in [0.15, 0.2) is 6.61 Å². The van der Waals surface area contributed by atoms with E-state index in [2.05, 4.69) is 0 Å². The highest BCUT2D eigenvalue weighted by Gasteiger charge is 2.23. The Labute approximate surface area is 186 Å². The molecule has 0 spiro atoms. The molecule has 2 aromatic carbocycles.